The van der Waals surface area contributed by atoms with Gasteiger partial charge in [-0.3, -0.25) is 4.79 Å². The molecule has 0 unspecified atom stereocenters. The molecule has 0 fully saturated rings. The molecular formula is C14H13N5O. The number of para-hydroxylation sites is 2. The number of benzene rings is 1. The number of amides is 1. The van der Waals surface area contributed by atoms with Gasteiger partial charge in [0, 0.05) is 6.54 Å². The molecule has 2 rings (SSSR count). The van der Waals surface area contributed by atoms with Crippen molar-refractivity contribution in [3.8, 4) is 12.1 Å². The van der Waals surface area contributed by atoms with Crippen LogP contribution in [0.15, 0.2) is 24.3 Å². The normalized spacial score (nSPS) is 9.90. The van der Waals surface area contributed by atoms with Crippen LogP contribution in [0.25, 0.3) is 11.0 Å². The van der Waals surface area contributed by atoms with Crippen LogP contribution in [0, 0.1) is 22.7 Å². The van der Waals surface area contributed by atoms with Crippen LogP contribution in [-0.4, -0.2) is 22.0 Å². The Balaban J connectivity index is 2.23. The Morgan fingerprint density at radius 2 is 2.10 bits per heavy atom. The molecule has 2 aromatic rings. The summed E-state index contributed by atoms with van der Waals surface area (Å²) in [6, 6.07) is 11.5. The molecule has 1 aromatic carbocycles. The molecule has 6 nitrogen and oxygen atoms in total. The van der Waals surface area contributed by atoms with Gasteiger partial charge in [-0.15, -0.1) is 0 Å². The Kier molecular flexibility index (Phi) is 4.31. The predicted octanol–water partition coefficient (Wildman–Crippen LogP) is 1.13. The molecule has 100 valence electrons. The van der Waals surface area contributed by atoms with Gasteiger partial charge in [-0.1, -0.05) is 12.1 Å². The largest absolute Gasteiger partial charge is 0.354 e. The van der Waals surface area contributed by atoms with Gasteiger partial charge in [0.15, 0.2) is 0 Å². The highest BCUT2D eigenvalue weighted by Crippen LogP contribution is 2.16. The fourth-order valence-corrected chi connectivity index (χ4v) is 1.96. The maximum atomic E-state index is 11.8. The highest BCUT2D eigenvalue weighted by molar-refractivity contribution is 5.81. The molecule has 0 spiro atoms. The molecule has 0 bridgehead atoms. The van der Waals surface area contributed by atoms with E-state index in [2.05, 4.69) is 16.4 Å². The molecule has 6 heteroatoms. The van der Waals surface area contributed by atoms with Crippen LogP contribution in [0.3, 0.4) is 0 Å². The van der Waals surface area contributed by atoms with E-state index < -0.39 is 0 Å². The van der Waals surface area contributed by atoms with E-state index in [1.807, 2.05) is 30.3 Å². The van der Waals surface area contributed by atoms with E-state index in [0.717, 1.165) is 11.0 Å². The zero-order valence-electron chi connectivity index (χ0n) is 10.8. The molecule has 0 saturated heterocycles. The predicted molar refractivity (Wildman–Crippen MR) is 72.3 cm³/mol. The van der Waals surface area contributed by atoms with Crippen molar-refractivity contribution in [1.82, 2.24) is 14.9 Å². The molecule has 0 aliphatic heterocycles. The van der Waals surface area contributed by atoms with Crippen molar-refractivity contribution < 1.29 is 4.79 Å². The third-order valence-electron chi connectivity index (χ3n) is 2.83. The lowest BCUT2D eigenvalue weighted by atomic mass is 10.3. The number of carbonyl (C=O) groups excluding carboxylic acids is 1. The molecule has 0 atom stereocenters. The van der Waals surface area contributed by atoms with Crippen molar-refractivity contribution in [2.24, 2.45) is 0 Å². The Labute approximate surface area is 116 Å². The number of fused-ring (bicyclic) bond motifs is 1. The monoisotopic (exact) mass is 267 g/mol. The van der Waals surface area contributed by atoms with Gasteiger partial charge in [0.1, 0.15) is 12.4 Å². The minimum absolute atomic E-state index is 0.100. The number of carbonyl (C=O) groups is 1. The topological polar surface area (TPSA) is 94.5 Å². The van der Waals surface area contributed by atoms with Crippen LogP contribution in [0.1, 0.15) is 12.2 Å². The van der Waals surface area contributed by atoms with Gasteiger partial charge in [0.25, 0.3) is 0 Å². The van der Waals surface area contributed by atoms with E-state index in [1.54, 1.807) is 4.57 Å². The summed E-state index contributed by atoms with van der Waals surface area (Å²) < 4.78 is 1.74. The van der Waals surface area contributed by atoms with Crippen molar-refractivity contribution in [3.05, 3.63) is 30.1 Å². The molecule has 1 aromatic heterocycles. The van der Waals surface area contributed by atoms with E-state index in [1.165, 1.54) is 0 Å². The second-order valence-corrected chi connectivity index (χ2v) is 4.20. The number of nitrogens with one attached hydrogen (secondary N) is 1. The van der Waals surface area contributed by atoms with Gasteiger partial charge >= 0.3 is 0 Å². The Hall–Kier alpha value is -2.86. The summed E-state index contributed by atoms with van der Waals surface area (Å²) in [5.74, 6) is 0.381. The van der Waals surface area contributed by atoms with Gasteiger partial charge in [-0.2, -0.15) is 10.5 Å². The molecule has 1 amide bonds. The molecule has 0 aliphatic rings. The summed E-state index contributed by atoms with van der Waals surface area (Å²) in [7, 11) is 0. The lowest BCUT2D eigenvalue weighted by Crippen LogP contribution is -2.28. The zero-order valence-corrected chi connectivity index (χ0v) is 10.8. The lowest BCUT2D eigenvalue weighted by molar-refractivity contribution is -0.121. The van der Waals surface area contributed by atoms with E-state index in [9.17, 15) is 4.79 Å². The number of nitriles is 2. The van der Waals surface area contributed by atoms with Crippen LogP contribution in [-0.2, 0) is 17.8 Å². The Morgan fingerprint density at radius 1 is 1.30 bits per heavy atom. The number of hydrogen-bond donors (Lipinski definition) is 1. The highest BCUT2D eigenvalue weighted by atomic mass is 16.1. The number of imidazole rings is 1. The van der Waals surface area contributed by atoms with Crippen LogP contribution in [0.2, 0.25) is 0 Å². The van der Waals surface area contributed by atoms with Gasteiger partial charge in [0.2, 0.25) is 5.91 Å². The summed E-state index contributed by atoms with van der Waals surface area (Å²) in [6.45, 7) is 0.429. The fourth-order valence-electron chi connectivity index (χ4n) is 1.96. The van der Waals surface area contributed by atoms with Crippen LogP contribution in [0.4, 0.5) is 0 Å². The van der Waals surface area contributed by atoms with Crippen LogP contribution < -0.4 is 5.32 Å². The first-order chi connectivity index (χ1) is 9.76. The van der Waals surface area contributed by atoms with Gasteiger partial charge in [0.05, 0.1) is 36.0 Å². The van der Waals surface area contributed by atoms with E-state index in [-0.39, 0.29) is 25.3 Å². The Bertz CT molecular complexity index is 704. The second-order valence-electron chi connectivity index (χ2n) is 4.20. The Morgan fingerprint density at radius 3 is 2.85 bits per heavy atom. The third-order valence-corrected chi connectivity index (χ3v) is 2.83. The highest BCUT2D eigenvalue weighted by Gasteiger charge is 2.12. The van der Waals surface area contributed by atoms with E-state index in [4.69, 9.17) is 10.5 Å². The maximum Gasteiger partial charge on any atom is 0.240 e. The van der Waals surface area contributed by atoms with Crippen LogP contribution >= 0.6 is 0 Å². The molecule has 1 N–H and O–H groups in total. The first-order valence-corrected chi connectivity index (χ1v) is 6.21. The van der Waals surface area contributed by atoms with Gasteiger partial charge in [-0.25, -0.2) is 4.98 Å². The first-order valence-electron chi connectivity index (χ1n) is 6.21. The molecular weight excluding hydrogens is 254 g/mol. The smallest absolute Gasteiger partial charge is 0.240 e. The van der Waals surface area contributed by atoms with Crippen molar-refractivity contribution in [2.75, 3.05) is 6.54 Å². The number of rotatable bonds is 5. The minimum atomic E-state index is -0.192. The summed E-state index contributed by atoms with van der Waals surface area (Å²) in [4.78, 5) is 16.2. The lowest BCUT2D eigenvalue weighted by Gasteiger charge is -2.07. The van der Waals surface area contributed by atoms with E-state index >= 15 is 0 Å². The van der Waals surface area contributed by atoms with Gasteiger partial charge in [-0.05, 0) is 12.1 Å². The number of nitrogens with zero attached hydrogens (tertiary/aromatic N) is 4. The summed E-state index contributed by atoms with van der Waals surface area (Å²) in [6.07, 6.45) is 0.432. The molecule has 0 aliphatic carbocycles. The SMILES string of the molecule is N#CCCNC(=O)Cn1c(CC#N)nc2ccccc21. The molecule has 0 saturated carbocycles. The van der Waals surface area contributed by atoms with E-state index in [0.29, 0.717) is 12.4 Å². The quantitative estimate of drug-likeness (QED) is 0.821. The molecule has 20 heavy (non-hydrogen) atoms. The average Bonchev–Trinajstić information content (AvgIpc) is 2.78. The van der Waals surface area contributed by atoms with Crippen molar-refractivity contribution in [1.29, 1.82) is 10.5 Å². The second kappa shape index (κ2) is 6.35. The third kappa shape index (κ3) is 2.93. The average molecular weight is 267 g/mol. The molecule has 0 radical (unpaired) electrons. The van der Waals surface area contributed by atoms with Gasteiger partial charge < -0.3 is 9.88 Å². The first kappa shape index (κ1) is 13.6. The van der Waals surface area contributed by atoms with Crippen LogP contribution in [0.5, 0.6) is 0 Å². The minimum Gasteiger partial charge on any atom is -0.354 e. The summed E-state index contributed by atoms with van der Waals surface area (Å²) in [5, 5.41) is 19.9. The number of aromatic nitrogens is 2. The fraction of sp³-hybridized carbons (Fsp3) is 0.286. The number of hydrogen-bond acceptors (Lipinski definition) is 4. The van der Waals surface area contributed by atoms with Crippen molar-refractivity contribution in [2.45, 2.75) is 19.4 Å². The summed E-state index contributed by atoms with van der Waals surface area (Å²) in [5.41, 5.74) is 1.59. The standard InChI is InChI=1S/C14H13N5O/c15-7-3-9-17-14(20)10-19-12-5-2-1-4-11(12)18-13(19)6-8-16/h1-2,4-5H,3,6,9-10H2,(H,17,20). The van der Waals surface area contributed by atoms with Crippen molar-refractivity contribution in [3.63, 3.8) is 0 Å². The van der Waals surface area contributed by atoms with Crippen molar-refractivity contribution >= 4 is 16.9 Å². The summed E-state index contributed by atoms with van der Waals surface area (Å²) >= 11 is 0. The zero-order chi connectivity index (χ0) is 14.4. The maximum absolute atomic E-state index is 11.8. The molecule has 1 heterocycles.